The van der Waals surface area contributed by atoms with Gasteiger partial charge in [0.2, 0.25) is 5.91 Å². The SMILES string of the molecule is COc1ccc(O)c(/C=N/NC(=O)Cc2nc(-c3ccccc3)cs2)c1. The Morgan fingerprint density at radius 3 is 2.88 bits per heavy atom. The molecule has 0 saturated carbocycles. The first-order valence-electron chi connectivity index (χ1n) is 7.84. The third-order valence-corrected chi connectivity index (χ3v) is 4.41. The summed E-state index contributed by atoms with van der Waals surface area (Å²) in [6.45, 7) is 0. The number of phenols is 1. The second kappa shape index (κ2) is 8.26. The fraction of sp³-hybridized carbons (Fsp3) is 0.105. The first-order chi connectivity index (χ1) is 12.7. The fourth-order valence-electron chi connectivity index (χ4n) is 2.25. The monoisotopic (exact) mass is 367 g/mol. The van der Waals surface area contributed by atoms with Crippen molar-refractivity contribution in [1.82, 2.24) is 10.4 Å². The molecule has 132 valence electrons. The van der Waals surface area contributed by atoms with E-state index in [1.807, 2.05) is 35.7 Å². The van der Waals surface area contributed by atoms with Crippen LogP contribution < -0.4 is 10.2 Å². The third-order valence-electron chi connectivity index (χ3n) is 3.56. The number of benzene rings is 2. The zero-order chi connectivity index (χ0) is 18.4. The van der Waals surface area contributed by atoms with Crippen molar-refractivity contribution in [3.8, 4) is 22.8 Å². The summed E-state index contributed by atoms with van der Waals surface area (Å²) in [4.78, 5) is 16.5. The van der Waals surface area contributed by atoms with E-state index in [0.29, 0.717) is 16.3 Å². The van der Waals surface area contributed by atoms with Crippen LogP contribution in [0.3, 0.4) is 0 Å². The van der Waals surface area contributed by atoms with Gasteiger partial charge in [-0.15, -0.1) is 11.3 Å². The molecule has 3 aromatic rings. The van der Waals surface area contributed by atoms with E-state index in [2.05, 4.69) is 15.5 Å². The maximum Gasteiger partial charge on any atom is 0.246 e. The average molecular weight is 367 g/mol. The Hall–Kier alpha value is -3.19. The van der Waals surface area contributed by atoms with Crippen LogP contribution in [0.15, 0.2) is 59.0 Å². The molecule has 26 heavy (non-hydrogen) atoms. The van der Waals surface area contributed by atoms with Crippen molar-refractivity contribution in [2.45, 2.75) is 6.42 Å². The van der Waals surface area contributed by atoms with Gasteiger partial charge in [-0.05, 0) is 18.2 Å². The first-order valence-corrected chi connectivity index (χ1v) is 8.72. The Balaban J connectivity index is 1.59. The number of nitrogens with one attached hydrogen (secondary N) is 1. The number of methoxy groups -OCH3 is 1. The van der Waals surface area contributed by atoms with E-state index in [1.165, 1.54) is 30.7 Å². The van der Waals surface area contributed by atoms with Crippen molar-refractivity contribution in [3.05, 3.63) is 64.5 Å². The number of carbonyl (C=O) groups is 1. The number of phenolic OH excluding ortho intramolecular Hbond substituents is 1. The molecule has 0 atom stereocenters. The number of aromatic nitrogens is 1. The number of carbonyl (C=O) groups excluding carboxylic acids is 1. The molecule has 0 spiro atoms. The zero-order valence-electron chi connectivity index (χ0n) is 14.0. The summed E-state index contributed by atoms with van der Waals surface area (Å²) in [6, 6.07) is 14.6. The Labute approximate surface area is 154 Å². The molecule has 1 heterocycles. The van der Waals surface area contributed by atoms with Crippen LogP contribution in [0.5, 0.6) is 11.5 Å². The molecule has 2 aromatic carbocycles. The van der Waals surface area contributed by atoms with Crippen LogP contribution in [0.1, 0.15) is 10.6 Å². The zero-order valence-corrected chi connectivity index (χ0v) is 14.9. The lowest BCUT2D eigenvalue weighted by Gasteiger charge is -2.03. The quantitative estimate of drug-likeness (QED) is 0.518. The van der Waals surface area contributed by atoms with Gasteiger partial charge in [0.05, 0.1) is 25.4 Å². The van der Waals surface area contributed by atoms with Gasteiger partial charge in [0.1, 0.15) is 16.5 Å². The Morgan fingerprint density at radius 2 is 2.12 bits per heavy atom. The second-order valence-corrected chi connectivity index (χ2v) is 6.33. The number of hydrogen-bond acceptors (Lipinski definition) is 6. The number of amides is 1. The van der Waals surface area contributed by atoms with Gasteiger partial charge in [-0.25, -0.2) is 10.4 Å². The van der Waals surface area contributed by atoms with Crippen molar-refractivity contribution in [3.63, 3.8) is 0 Å². The molecule has 0 fully saturated rings. The van der Waals surface area contributed by atoms with Gasteiger partial charge in [0.15, 0.2) is 0 Å². The van der Waals surface area contributed by atoms with Gasteiger partial charge in [-0.2, -0.15) is 5.10 Å². The largest absolute Gasteiger partial charge is 0.507 e. The number of nitrogens with zero attached hydrogens (tertiary/aromatic N) is 2. The maximum atomic E-state index is 12.0. The van der Waals surface area contributed by atoms with E-state index in [0.717, 1.165) is 11.3 Å². The molecule has 0 radical (unpaired) electrons. The molecule has 0 bridgehead atoms. The molecule has 0 saturated heterocycles. The van der Waals surface area contributed by atoms with Gasteiger partial charge in [-0.1, -0.05) is 30.3 Å². The summed E-state index contributed by atoms with van der Waals surface area (Å²) in [5.41, 5.74) is 4.75. The Kier molecular flexibility index (Phi) is 5.60. The lowest BCUT2D eigenvalue weighted by Crippen LogP contribution is -2.19. The number of aromatic hydroxyl groups is 1. The summed E-state index contributed by atoms with van der Waals surface area (Å²) in [5, 5.41) is 16.3. The number of rotatable bonds is 6. The molecule has 0 unspecified atom stereocenters. The standard InChI is InChI=1S/C19H17N3O3S/c1-25-15-7-8-17(23)14(9-15)11-20-22-18(24)10-19-21-16(12-26-19)13-5-3-2-4-6-13/h2-9,11-12,23H,10H2,1H3,(H,22,24)/b20-11+. The molecule has 1 aromatic heterocycles. The highest BCUT2D eigenvalue weighted by molar-refractivity contribution is 7.10. The van der Waals surface area contributed by atoms with Crippen LogP contribution >= 0.6 is 11.3 Å². The van der Waals surface area contributed by atoms with Gasteiger partial charge < -0.3 is 9.84 Å². The van der Waals surface area contributed by atoms with Crippen molar-refractivity contribution >= 4 is 23.5 Å². The fourth-order valence-corrected chi connectivity index (χ4v) is 3.05. The summed E-state index contributed by atoms with van der Waals surface area (Å²) in [6.07, 6.45) is 1.51. The Bertz CT molecular complexity index is 923. The molecule has 7 heteroatoms. The Morgan fingerprint density at radius 1 is 1.31 bits per heavy atom. The summed E-state index contributed by atoms with van der Waals surface area (Å²) in [7, 11) is 1.53. The van der Waals surface area contributed by atoms with Crippen molar-refractivity contribution in [2.24, 2.45) is 5.10 Å². The number of hydrogen-bond donors (Lipinski definition) is 2. The smallest absolute Gasteiger partial charge is 0.246 e. The van der Waals surface area contributed by atoms with Crippen molar-refractivity contribution < 1.29 is 14.6 Å². The molecule has 0 aliphatic rings. The number of ether oxygens (including phenoxy) is 1. The van der Waals surface area contributed by atoms with Crippen LogP contribution in [0.4, 0.5) is 0 Å². The predicted molar refractivity (Wildman–Crippen MR) is 102 cm³/mol. The normalized spacial score (nSPS) is 10.8. The number of thiazole rings is 1. The molecule has 1 amide bonds. The third kappa shape index (κ3) is 4.46. The predicted octanol–water partition coefficient (Wildman–Crippen LogP) is 3.22. The van der Waals surface area contributed by atoms with Gasteiger partial charge in [-0.3, -0.25) is 4.79 Å². The lowest BCUT2D eigenvalue weighted by molar-refractivity contribution is -0.120. The average Bonchev–Trinajstić information content (AvgIpc) is 3.12. The minimum atomic E-state index is -0.280. The van der Waals surface area contributed by atoms with Crippen LogP contribution in [0.2, 0.25) is 0 Å². The van der Waals surface area contributed by atoms with Crippen LogP contribution in [-0.2, 0) is 11.2 Å². The van der Waals surface area contributed by atoms with Crippen LogP contribution in [0, 0.1) is 0 Å². The summed E-state index contributed by atoms with van der Waals surface area (Å²) in [5.74, 6) is 0.362. The van der Waals surface area contributed by atoms with Gasteiger partial charge >= 0.3 is 0 Å². The van der Waals surface area contributed by atoms with Gasteiger partial charge in [0.25, 0.3) is 0 Å². The van der Waals surface area contributed by atoms with E-state index >= 15 is 0 Å². The highest BCUT2D eigenvalue weighted by Gasteiger charge is 2.08. The minimum Gasteiger partial charge on any atom is -0.507 e. The van der Waals surface area contributed by atoms with Crippen LogP contribution in [-0.4, -0.2) is 29.3 Å². The van der Waals surface area contributed by atoms with E-state index in [1.54, 1.807) is 12.1 Å². The summed E-state index contributed by atoms with van der Waals surface area (Å²) < 4.78 is 5.09. The molecule has 0 aliphatic heterocycles. The maximum absolute atomic E-state index is 12.0. The molecule has 6 nitrogen and oxygen atoms in total. The molecular formula is C19H17N3O3S. The minimum absolute atomic E-state index is 0.0521. The molecule has 2 N–H and O–H groups in total. The van der Waals surface area contributed by atoms with Crippen LogP contribution in [0.25, 0.3) is 11.3 Å². The molecular weight excluding hydrogens is 350 g/mol. The van der Waals surface area contributed by atoms with Crippen molar-refractivity contribution in [2.75, 3.05) is 7.11 Å². The lowest BCUT2D eigenvalue weighted by atomic mass is 10.2. The topological polar surface area (TPSA) is 83.8 Å². The second-order valence-electron chi connectivity index (χ2n) is 5.39. The van der Waals surface area contributed by atoms with E-state index in [-0.39, 0.29) is 18.1 Å². The first kappa shape index (κ1) is 17.6. The van der Waals surface area contributed by atoms with E-state index in [4.69, 9.17) is 4.74 Å². The highest BCUT2D eigenvalue weighted by atomic mass is 32.1. The number of hydrazone groups is 1. The summed E-state index contributed by atoms with van der Waals surface area (Å²) >= 11 is 1.43. The molecule has 3 rings (SSSR count). The highest BCUT2D eigenvalue weighted by Crippen LogP contribution is 2.22. The van der Waals surface area contributed by atoms with Crippen molar-refractivity contribution in [1.29, 1.82) is 0 Å². The molecule has 0 aliphatic carbocycles. The van der Waals surface area contributed by atoms with E-state index < -0.39 is 0 Å². The van der Waals surface area contributed by atoms with Gasteiger partial charge in [0, 0.05) is 16.5 Å². The van der Waals surface area contributed by atoms with E-state index in [9.17, 15) is 9.90 Å².